The molecule has 0 unspecified atom stereocenters. The molecule has 1 N–H and O–H groups in total. The second-order valence-electron chi connectivity index (χ2n) is 7.95. The van der Waals surface area contributed by atoms with Crippen LogP contribution in [0.2, 0.25) is 0 Å². The highest BCUT2D eigenvalue weighted by Crippen LogP contribution is 2.42. The Balaban J connectivity index is 2.69. The van der Waals surface area contributed by atoms with Gasteiger partial charge in [-0.25, -0.2) is 0 Å². The van der Waals surface area contributed by atoms with Crippen LogP contribution in [-0.2, 0) is 10.8 Å². The first-order valence-corrected chi connectivity index (χ1v) is 7.60. The molecule has 112 valence electrons. The van der Waals surface area contributed by atoms with Crippen molar-refractivity contribution in [2.45, 2.75) is 71.3 Å². The summed E-state index contributed by atoms with van der Waals surface area (Å²) in [7, 11) is 0. The third kappa shape index (κ3) is 3.01. The fourth-order valence-corrected chi connectivity index (χ4v) is 2.66. The van der Waals surface area contributed by atoms with Crippen molar-refractivity contribution < 1.29 is 9.84 Å². The van der Waals surface area contributed by atoms with E-state index >= 15 is 0 Å². The van der Waals surface area contributed by atoms with Crippen molar-refractivity contribution in [3.05, 3.63) is 28.8 Å². The van der Waals surface area contributed by atoms with Crippen LogP contribution in [0.4, 0.5) is 0 Å². The maximum atomic E-state index is 10.4. The lowest BCUT2D eigenvalue weighted by Gasteiger charge is -2.29. The molecule has 0 spiro atoms. The highest BCUT2D eigenvalue weighted by molar-refractivity contribution is 5.50. The average Bonchev–Trinajstić information content (AvgIpc) is 2.48. The Morgan fingerprint density at radius 1 is 1.05 bits per heavy atom. The van der Waals surface area contributed by atoms with Crippen molar-refractivity contribution in [1.29, 1.82) is 0 Å². The lowest BCUT2D eigenvalue weighted by molar-refractivity contribution is 0.167. The summed E-state index contributed by atoms with van der Waals surface area (Å²) < 4.78 is 5.98. The van der Waals surface area contributed by atoms with E-state index < -0.39 is 6.10 Å². The highest BCUT2D eigenvalue weighted by Gasteiger charge is 2.29. The topological polar surface area (TPSA) is 29.5 Å². The summed E-state index contributed by atoms with van der Waals surface area (Å²) in [6, 6.07) is 4.40. The molecular formula is C18H28O2. The predicted molar refractivity (Wildman–Crippen MR) is 83.5 cm³/mol. The number of hydrogen-bond acceptors (Lipinski definition) is 2. The molecule has 20 heavy (non-hydrogen) atoms. The first kappa shape index (κ1) is 15.4. The molecule has 0 saturated carbocycles. The molecule has 0 radical (unpaired) electrons. The number of hydrogen-bond donors (Lipinski definition) is 1. The van der Waals surface area contributed by atoms with Crippen molar-refractivity contribution >= 4 is 0 Å². The van der Waals surface area contributed by atoms with Crippen LogP contribution >= 0.6 is 0 Å². The lowest BCUT2D eigenvalue weighted by Crippen LogP contribution is -2.19. The Bertz CT molecular complexity index is 489. The van der Waals surface area contributed by atoms with Crippen molar-refractivity contribution in [1.82, 2.24) is 0 Å². The van der Waals surface area contributed by atoms with Crippen LogP contribution in [0.1, 0.15) is 77.2 Å². The first-order chi connectivity index (χ1) is 9.10. The van der Waals surface area contributed by atoms with Crippen LogP contribution in [0, 0.1) is 0 Å². The summed E-state index contributed by atoms with van der Waals surface area (Å²) in [5.74, 6) is 0.913. The van der Waals surface area contributed by atoms with Gasteiger partial charge >= 0.3 is 0 Å². The molecule has 0 amide bonds. The lowest BCUT2D eigenvalue weighted by atomic mass is 9.78. The average molecular weight is 276 g/mol. The summed E-state index contributed by atoms with van der Waals surface area (Å²) in [5.41, 5.74) is 3.53. The van der Waals surface area contributed by atoms with E-state index in [9.17, 15) is 5.11 Å². The predicted octanol–water partition coefficient (Wildman–Crippen LogP) is 4.49. The van der Waals surface area contributed by atoms with Gasteiger partial charge in [0.15, 0.2) is 0 Å². The van der Waals surface area contributed by atoms with Crippen LogP contribution < -0.4 is 4.74 Å². The van der Waals surface area contributed by atoms with E-state index in [0.29, 0.717) is 6.61 Å². The summed E-state index contributed by atoms with van der Waals surface area (Å²) >= 11 is 0. The molecule has 0 fully saturated rings. The summed E-state index contributed by atoms with van der Waals surface area (Å²) in [5, 5.41) is 10.4. The van der Waals surface area contributed by atoms with Crippen molar-refractivity contribution in [2.75, 3.05) is 6.61 Å². The second kappa shape index (κ2) is 5.07. The molecule has 0 aliphatic carbocycles. The quantitative estimate of drug-likeness (QED) is 0.756. The number of benzene rings is 1. The summed E-state index contributed by atoms with van der Waals surface area (Å²) in [6.07, 6.45) is 1.28. The normalized spacial score (nSPS) is 20.1. The number of aliphatic hydroxyl groups is 1. The van der Waals surface area contributed by atoms with E-state index in [1.165, 1.54) is 11.1 Å². The minimum Gasteiger partial charge on any atom is -0.493 e. The molecule has 2 rings (SSSR count). The van der Waals surface area contributed by atoms with Gasteiger partial charge in [0.25, 0.3) is 0 Å². The van der Waals surface area contributed by atoms with E-state index in [0.717, 1.165) is 24.2 Å². The van der Waals surface area contributed by atoms with Crippen molar-refractivity contribution in [2.24, 2.45) is 0 Å². The van der Waals surface area contributed by atoms with Gasteiger partial charge in [0, 0.05) is 11.1 Å². The van der Waals surface area contributed by atoms with Gasteiger partial charge in [0.2, 0.25) is 0 Å². The van der Waals surface area contributed by atoms with Gasteiger partial charge in [-0.1, -0.05) is 47.6 Å². The van der Waals surface area contributed by atoms with Crippen molar-refractivity contribution in [3.8, 4) is 5.75 Å². The molecule has 1 aliphatic rings. The van der Waals surface area contributed by atoms with E-state index in [4.69, 9.17) is 4.74 Å². The summed E-state index contributed by atoms with van der Waals surface area (Å²) in [6.45, 7) is 13.9. The Morgan fingerprint density at radius 3 is 2.25 bits per heavy atom. The monoisotopic (exact) mass is 276 g/mol. The molecule has 0 bridgehead atoms. The SMILES string of the molecule is CC(C)(C)c1cc2c(c(C(C)(C)C)c1)OCCC[C@H]2O. The Hall–Kier alpha value is -1.02. The molecule has 2 nitrogen and oxygen atoms in total. The highest BCUT2D eigenvalue weighted by atomic mass is 16.5. The maximum absolute atomic E-state index is 10.4. The fraction of sp³-hybridized carbons (Fsp3) is 0.667. The zero-order valence-electron chi connectivity index (χ0n) is 13.7. The van der Waals surface area contributed by atoms with Crippen LogP contribution in [0.15, 0.2) is 12.1 Å². The van der Waals surface area contributed by atoms with Gasteiger partial charge in [-0.05, 0) is 35.3 Å². The Kier molecular flexibility index (Phi) is 3.90. The Labute approximate surface area is 123 Å². The maximum Gasteiger partial charge on any atom is 0.128 e. The van der Waals surface area contributed by atoms with Gasteiger partial charge < -0.3 is 9.84 Å². The molecule has 1 aliphatic heterocycles. The third-order valence-electron chi connectivity index (χ3n) is 4.02. The van der Waals surface area contributed by atoms with Crippen molar-refractivity contribution in [3.63, 3.8) is 0 Å². The van der Waals surface area contributed by atoms with Crippen LogP contribution in [0.25, 0.3) is 0 Å². The number of fused-ring (bicyclic) bond motifs is 1. The molecule has 2 heteroatoms. The van der Waals surface area contributed by atoms with Crippen LogP contribution in [0.5, 0.6) is 5.75 Å². The van der Waals surface area contributed by atoms with Crippen LogP contribution in [-0.4, -0.2) is 11.7 Å². The van der Waals surface area contributed by atoms with Gasteiger partial charge in [-0.15, -0.1) is 0 Å². The second-order valence-corrected chi connectivity index (χ2v) is 7.95. The minimum absolute atomic E-state index is 0.00933. The third-order valence-corrected chi connectivity index (χ3v) is 4.02. The largest absolute Gasteiger partial charge is 0.493 e. The number of rotatable bonds is 0. The molecule has 1 heterocycles. The molecule has 1 atom stereocenters. The number of ether oxygens (including phenoxy) is 1. The van der Waals surface area contributed by atoms with Gasteiger partial charge in [-0.3, -0.25) is 0 Å². The van der Waals surface area contributed by atoms with E-state index in [-0.39, 0.29) is 10.8 Å². The molecule has 1 aromatic carbocycles. The van der Waals surface area contributed by atoms with Gasteiger partial charge in [0.05, 0.1) is 12.7 Å². The van der Waals surface area contributed by atoms with Crippen LogP contribution in [0.3, 0.4) is 0 Å². The van der Waals surface area contributed by atoms with Gasteiger partial charge in [-0.2, -0.15) is 0 Å². The molecular weight excluding hydrogens is 248 g/mol. The molecule has 1 aromatic rings. The Morgan fingerprint density at radius 2 is 1.70 bits per heavy atom. The summed E-state index contributed by atoms with van der Waals surface area (Å²) in [4.78, 5) is 0. The minimum atomic E-state index is -0.407. The smallest absolute Gasteiger partial charge is 0.128 e. The van der Waals surface area contributed by atoms with E-state index in [2.05, 4.69) is 53.7 Å². The molecule has 0 saturated heterocycles. The zero-order valence-corrected chi connectivity index (χ0v) is 13.7. The van der Waals surface area contributed by atoms with Gasteiger partial charge in [0.1, 0.15) is 5.75 Å². The first-order valence-electron chi connectivity index (χ1n) is 7.60. The van der Waals surface area contributed by atoms with E-state index in [1.807, 2.05) is 0 Å². The van der Waals surface area contributed by atoms with E-state index in [1.54, 1.807) is 0 Å². The zero-order chi connectivity index (χ0) is 15.1. The fourth-order valence-electron chi connectivity index (χ4n) is 2.66. The standard InChI is InChI=1S/C18H28O2/c1-17(2,3)12-10-13-15(19)8-7-9-20-16(13)14(11-12)18(4,5)6/h10-11,15,19H,7-9H2,1-6H3/t15-/m1/s1. The molecule has 0 aromatic heterocycles. The number of aliphatic hydroxyl groups excluding tert-OH is 1.